The van der Waals surface area contributed by atoms with Crippen molar-refractivity contribution in [2.24, 2.45) is 0 Å². The Hall–Kier alpha value is 0.935. The summed E-state index contributed by atoms with van der Waals surface area (Å²) in [4.78, 5) is 0. The molecule has 0 atom stereocenters. The quantitative estimate of drug-likeness (QED) is 0.425. The molecule has 0 aliphatic rings. The monoisotopic (exact) mass is 290 g/mol. The molecule has 0 heterocycles. The van der Waals surface area contributed by atoms with Gasteiger partial charge in [-0.25, -0.2) is 0 Å². The van der Waals surface area contributed by atoms with Gasteiger partial charge in [-0.1, -0.05) is 0 Å². The van der Waals surface area contributed by atoms with Crippen molar-refractivity contribution in [3.8, 4) is 0 Å². The van der Waals surface area contributed by atoms with Crippen LogP contribution in [-0.2, 0) is 23.5 Å². The Labute approximate surface area is 59.5 Å². The molecule has 40 valence electrons. The average molecular weight is 290 g/mol. The second kappa shape index (κ2) is 5.08. The molecule has 0 aromatic rings. The van der Waals surface area contributed by atoms with Crippen molar-refractivity contribution in [3.63, 3.8) is 0 Å². The van der Waals surface area contributed by atoms with Gasteiger partial charge in [0, 0.05) is 0 Å². The Morgan fingerprint density at radius 3 is 1.14 bits per heavy atom. The molecule has 0 saturated carbocycles. The second-order valence-electron chi connectivity index (χ2n) is 0.408. The van der Waals surface area contributed by atoms with E-state index in [1.165, 1.54) is 0 Å². The van der Waals surface area contributed by atoms with Crippen molar-refractivity contribution in [2.75, 3.05) is 0 Å². The van der Waals surface area contributed by atoms with E-state index in [0.717, 1.165) is 0 Å². The van der Waals surface area contributed by atoms with Gasteiger partial charge in [-0.3, -0.25) is 0 Å². The van der Waals surface area contributed by atoms with E-state index in [1.807, 2.05) is 0 Å². The Kier molecular flexibility index (Phi) is 11.4. The molecule has 7 heavy (non-hydrogen) atoms. The fourth-order valence-corrected chi connectivity index (χ4v) is 0. The van der Waals surface area contributed by atoms with E-state index in [-0.39, 0.29) is 28.5 Å². The van der Waals surface area contributed by atoms with Crippen LogP contribution in [-0.4, -0.2) is 28.5 Å². The molecule has 0 saturated heterocycles. The van der Waals surface area contributed by atoms with Gasteiger partial charge in [-0.05, 0) is 0 Å². The van der Waals surface area contributed by atoms with Gasteiger partial charge < -0.3 is 5.48 Å². The van der Waals surface area contributed by atoms with E-state index in [1.54, 1.807) is 0 Å². The zero-order valence-corrected chi connectivity index (χ0v) is 7.60. The average Bonchev–Trinajstić information content (AvgIpc) is 0.722. The molecule has 0 unspecified atom stereocenters. The maximum atomic E-state index is 8.65. The zero-order valence-electron chi connectivity index (χ0n) is 3.25. The summed E-state index contributed by atoms with van der Waals surface area (Å²) in [6.45, 7) is 0. The van der Waals surface area contributed by atoms with Gasteiger partial charge in [-0.2, -0.15) is 0 Å². The summed E-state index contributed by atoms with van der Waals surface area (Å²) < 4.78 is 34.6. The SMILES string of the molecule is O.[Mg+2].[O]=[W](=[O])([O-])[O-]. The summed E-state index contributed by atoms with van der Waals surface area (Å²) in [5, 5.41) is 0. The Morgan fingerprint density at radius 2 is 1.14 bits per heavy atom. The maximum absolute atomic E-state index is 8.65. The molecule has 0 aliphatic heterocycles. The summed E-state index contributed by atoms with van der Waals surface area (Å²) in [5.41, 5.74) is 0. The Bertz CT molecular complexity index is 91.2. The summed E-state index contributed by atoms with van der Waals surface area (Å²) in [5.74, 6) is 0. The van der Waals surface area contributed by atoms with Gasteiger partial charge in [0.2, 0.25) is 0 Å². The van der Waals surface area contributed by atoms with Crippen LogP contribution >= 0.6 is 0 Å². The topological polar surface area (TPSA) is 112 Å². The van der Waals surface area contributed by atoms with Crippen LogP contribution in [0.2, 0.25) is 0 Å². The van der Waals surface area contributed by atoms with E-state index >= 15 is 0 Å². The van der Waals surface area contributed by atoms with Crippen molar-refractivity contribution in [2.45, 2.75) is 0 Å². The van der Waals surface area contributed by atoms with Crippen LogP contribution in [0.4, 0.5) is 0 Å². The summed E-state index contributed by atoms with van der Waals surface area (Å²) in [7, 11) is 0. The normalized spacial score (nSPS) is 8.29. The zero-order chi connectivity index (χ0) is 4.50. The Balaban J connectivity index is -0.0000000800. The third-order valence-electron chi connectivity index (χ3n) is 0. The minimum atomic E-state index is -6.17. The van der Waals surface area contributed by atoms with Gasteiger partial charge >= 0.3 is 54.1 Å². The first kappa shape index (κ1) is 15.7. The number of rotatable bonds is 0. The molecule has 0 fully saturated rings. The predicted octanol–water partition coefficient (Wildman–Crippen LogP) is -3.82. The van der Waals surface area contributed by atoms with E-state index < -0.39 is 16.7 Å². The minimum absolute atomic E-state index is 0. The third-order valence-corrected chi connectivity index (χ3v) is 0. The molecule has 5 nitrogen and oxygen atoms in total. The van der Waals surface area contributed by atoms with Gasteiger partial charge in [0.15, 0.2) is 0 Å². The molecule has 7 heteroatoms. The van der Waals surface area contributed by atoms with E-state index in [2.05, 4.69) is 0 Å². The molecule has 0 amide bonds. The molecule has 0 aromatic carbocycles. The summed E-state index contributed by atoms with van der Waals surface area (Å²) in [6, 6.07) is 0. The number of hydrogen-bond donors (Lipinski definition) is 0. The fourth-order valence-electron chi connectivity index (χ4n) is 0. The Morgan fingerprint density at radius 1 is 1.14 bits per heavy atom. The predicted molar refractivity (Wildman–Crippen MR) is 10.7 cm³/mol. The van der Waals surface area contributed by atoms with Gasteiger partial charge in [0.05, 0.1) is 0 Å². The van der Waals surface area contributed by atoms with E-state index in [0.29, 0.717) is 0 Å². The van der Waals surface area contributed by atoms with Crippen molar-refractivity contribution >= 4 is 23.1 Å². The summed E-state index contributed by atoms with van der Waals surface area (Å²) >= 11 is -6.17. The summed E-state index contributed by atoms with van der Waals surface area (Å²) in [6.07, 6.45) is 0. The molecule has 0 rings (SSSR count). The molecule has 0 bridgehead atoms. The fraction of sp³-hybridized carbons (Fsp3) is 0. The van der Waals surface area contributed by atoms with Gasteiger partial charge in [-0.15, -0.1) is 0 Å². The first-order chi connectivity index (χ1) is 2.00. The molecule has 2 N–H and O–H groups in total. The van der Waals surface area contributed by atoms with Gasteiger partial charge in [0.1, 0.15) is 0 Å². The molecule has 0 aromatic heterocycles. The molecular formula is H2MgO5W. The van der Waals surface area contributed by atoms with E-state index in [4.69, 9.17) is 14.3 Å². The molecule has 0 aliphatic carbocycles. The van der Waals surface area contributed by atoms with Gasteiger partial charge in [0.25, 0.3) is 0 Å². The van der Waals surface area contributed by atoms with Crippen LogP contribution < -0.4 is 7.52 Å². The second-order valence-corrected chi connectivity index (χ2v) is 3.34. The van der Waals surface area contributed by atoms with Crippen molar-refractivity contribution in [1.82, 2.24) is 0 Å². The number of hydrogen-bond acceptors (Lipinski definition) is 4. The third kappa shape index (κ3) is 193. The molecule has 0 spiro atoms. The van der Waals surface area contributed by atoms with Crippen molar-refractivity contribution in [3.05, 3.63) is 0 Å². The van der Waals surface area contributed by atoms with Crippen LogP contribution in [0.25, 0.3) is 0 Å². The standard InChI is InChI=1S/Mg.H2O.4O.W/h;1H2;;;;;/q+2;;;;2*-1;. The van der Waals surface area contributed by atoms with E-state index in [9.17, 15) is 0 Å². The van der Waals surface area contributed by atoms with Crippen LogP contribution in [0, 0.1) is 0 Å². The first-order valence-electron chi connectivity index (χ1n) is 0.667. The van der Waals surface area contributed by atoms with Crippen LogP contribution in [0.1, 0.15) is 0 Å². The van der Waals surface area contributed by atoms with Crippen LogP contribution in [0.5, 0.6) is 0 Å². The first-order valence-corrected chi connectivity index (χ1v) is 5.46. The van der Waals surface area contributed by atoms with Crippen LogP contribution in [0.15, 0.2) is 0 Å². The van der Waals surface area contributed by atoms with Crippen molar-refractivity contribution in [1.29, 1.82) is 0 Å². The molecular weight excluding hydrogens is 288 g/mol. The van der Waals surface area contributed by atoms with Crippen LogP contribution in [0.3, 0.4) is 0 Å². The molecule has 0 radical (unpaired) electrons. The van der Waals surface area contributed by atoms with Crippen molar-refractivity contribution < 1.29 is 36.5 Å².